The summed E-state index contributed by atoms with van der Waals surface area (Å²) in [5, 5.41) is 13.1. The molecule has 5 nitrogen and oxygen atoms in total. The molecule has 0 spiro atoms. The minimum absolute atomic E-state index is 0.154. The van der Waals surface area contributed by atoms with Gasteiger partial charge in [-0.25, -0.2) is 0 Å². The highest BCUT2D eigenvalue weighted by atomic mass is 35.5. The summed E-state index contributed by atoms with van der Waals surface area (Å²) in [5.74, 6) is -0.605. The maximum atomic E-state index is 13.3. The molecular formula is C25H16ClN3O2S. The fourth-order valence-electron chi connectivity index (χ4n) is 3.08. The topological polar surface area (TPSA) is 74.9 Å². The minimum atomic E-state index is -0.605. The molecule has 1 heterocycles. The average Bonchev–Trinajstić information content (AvgIpc) is 3.12. The second-order valence-electron chi connectivity index (χ2n) is 6.75. The molecule has 1 N–H and O–H groups in total. The van der Waals surface area contributed by atoms with Crippen molar-refractivity contribution in [1.82, 2.24) is 4.57 Å². The molecule has 0 aliphatic rings. The van der Waals surface area contributed by atoms with Gasteiger partial charge in [-0.3, -0.25) is 14.2 Å². The summed E-state index contributed by atoms with van der Waals surface area (Å²) >= 11 is 7.00. The molecule has 0 radical (unpaired) electrons. The second kappa shape index (κ2) is 9.48. The van der Waals surface area contributed by atoms with Gasteiger partial charge in [0.1, 0.15) is 10.7 Å². The van der Waals surface area contributed by atoms with Crippen molar-refractivity contribution in [1.29, 1.82) is 5.26 Å². The van der Waals surface area contributed by atoms with E-state index in [-0.39, 0.29) is 15.8 Å². The van der Waals surface area contributed by atoms with Gasteiger partial charge in [0, 0.05) is 10.7 Å². The van der Waals surface area contributed by atoms with E-state index < -0.39 is 5.91 Å². The lowest BCUT2D eigenvalue weighted by Crippen LogP contribution is -2.32. The lowest BCUT2D eigenvalue weighted by Gasteiger charge is -2.06. The van der Waals surface area contributed by atoms with Gasteiger partial charge in [-0.1, -0.05) is 60.1 Å². The Morgan fingerprint density at radius 3 is 2.22 bits per heavy atom. The first-order valence-corrected chi connectivity index (χ1v) is 10.8. The van der Waals surface area contributed by atoms with Gasteiger partial charge in [0.2, 0.25) is 0 Å². The SMILES string of the molecule is N#C/C(C(=O)Nc1ccc(Cl)cc1)=c1/s/c(=C\c2ccccc2)c(=O)n1-c1ccccc1. The maximum absolute atomic E-state index is 13.3. The number of rotatable bonds is 4. The summed E-state index contributed by atoms with van der Waals surface area (Å²) in [4.78, 5) is 26.3. The van der Waals surface area contributed by atoms with Crippen LogP contribution in [0.1, 0.15) is 5.56 Å². The van der Waals surface area contributed by atoms with E-state index in [0.717, 1.165) is 16.9 Å². The zero-order valence-electron chi connectivity index (χ0n) is 16.7. The Hall–Kier alpha value is -3.92. The predicted molar refractivity (Wildman–Crippen MR) is 128 cm³/mol. The Balaban J connectivity index is 1.94. The van der Waals surface area contributed by atoms with Gasteiger partial charge >= 0.3 is 0 Å². The van der Waals surface area contributed by atoms with E-state index in [9.17, 15) is 14.9 Å². The fourth-order valence-corrected chi connectivity index (χ4v) is 4.31. The molecular weight excluding hydrogens is 442 g/mol. The number of carbonyl (C=O) groups excluding carboxylic acids is 1. The molecule has 3 aromatic carbocycles. The summed E-state index contributed by atoms with van der Waals surface area (Å²) in [6, 6.07) is 26.9. The lowest BCUT2D eigenvalue weighted by atomic mass is 10.2. The van der Waals surface area contributed by atoms with E-state index in [0.29, 0.717) is 20.9 Å². The summed E-state index contributed by atoms with van der Waals surface area (Å²) in [6.07, 6.45) is 1.75. The molecule has 1 aromatic heterocycles. The molecule has 0 saturated carbocycles. The molecule has 0 atom stereocenters. The first kappa shape index (κ1) is 21.3. The van der Waals surface area contributed by atoms with E-state index in [1.807, 2.05) is 42.5 Å². The van der Waals surface area contributed by atoms with Gasteiger partial charge in [0.15, 0.2) is 5.57 Å². The Morgan fingerprint density at radius 1 is 0.969 bits per heavy atom. The number of anilines is 1. The summed E-state index contributed by atoms with van der Waals surface area (Å²) in [7, 11) is 0. The highest BCUT2D eigenvalue weighted by Crippen LogP contribution is 2.14. The Kier molecular flexibility index (Phi) is 6.31. The van der Waals surface area contributed by atoms with Gasteiger partial charge in [0.05, 0.1) is 10.2 Å². The Labute approximate surface area is 192 Å². The van der Waals surface area contributed by atoms with Crippen LogP contribution in [-0.4, -0.2) is 10.5 Å². The smallest absolute Gasteiger partial charge is 0.273 e. The maximum Gasteiger partial charge on any atom is 0.273 e. The first-order valence-electron chi connectivity index (χ1n) is 9.62. The molecule has 0 fully saturated rings. The summed E-state index contributed by atoms with van der Waals surface area (Å²) in [5.41, 5.74) is 1.46. The molecule has 1 amide bonds. The van der Waals surface area contributed by atoms with Crippen molar-refractivity contribution in [2.45, 2.75) is 0 Å². The van der Waals surface area contributed by atoms with Crippen LogP contribution in [0, 0.1) is 11.3 Å². The van der Waals surface area contributed by atoms with Crippen LogP contribution < -0.4 is 20.1 Å². The van der Waals surface area contributed by atoms with Gasteiger partial charge in [-0.2, -0.15) is 5.26 Å². The number of aromatic nitrogens is 1. The fraction of sp³-hybridized carbons (Fsp3) is 0. The van der Waals surface area contributed by atoms with Crippen molar-refractivity contribution in [2.24, 2.45) is 0 Å². The highest BCUT2D eigenvalue weighted by molar-refractivity contribution is 7.07. The molecule has 32 heavy (non-hydrogen) atoms. The number of thiazole rings is 1. The van der Waals surface area contributed by atoms with E-state index >= 15 is 0 Å². The second-order valence-corrected chi connectivity index (χ2v) is 8.22. The van der Waals surface area contributed by atoms with Gasteiger partial charge < -0.3 is 5.32 Å². The summed E-state index contributed by atoms with van der Waals surface area (Å²) < 4.78 is 2.08. The zero-order valence-corrected chi connectivity index (χ0v) is 18.2. The van der Waals surface area contributed by atoms with Gasteiger partial charge in [-0.05, 0) is 48.0 Å². The van der Waals surface area contributed by atoms with Crippen molar-refractivity contribution in [2.75, 3.05) is 5.32 Å². The number of carbonyl (C=O) groups is 1. The lowest BCUT2D eigenvalue weighted by molar-refractivity contribution is -0.111. The zero-order chi connectivity index (χ0) is 22.5. The Morgan fingerprint density at radius 2 is 1.59 bits per heavy atom. The first-order chi connectivity index (χ1) is 15.6. The molecule has 0 aliphatic heterocycles. The number of nitrogens with zero attached hydrogens (tertiary/aromatic N) is 2. The minimum Gasteiger partial charge on any atom is -0.321 e. The molecule has 156 valence electrons. The average molecular weight is 458 g/mol. The number of hydrogen-bond acceptors (Lipinski definition) is 4. The van der Waals surface area contributed by atoms with Crippen molar-refractivity contribution in [3.63, 3.8) is 0 Å². The molecule has 7 heteroatoms. The Bertz CT molecular complexity index is 1480. The van der Waals surface area contributed by atoms with E-state index in [2.05, 4.69) is 5.32 Å². The standard InChI is InChI=1S/C25H16ClN3O2S/c26-18-11-13-19(14-12-18)28-23(30)21(16-27)25-29(20-9-5-2-6-10-20)24(31)22(32-25)15-17-7-3-1-4-8-17/h1-15H,(H,28,30)/b22-15-,25-21-. The number of halogens is 1. The predicted octanol–water partition coefficient (Wildman–Crippen LogP) is 3.69. The molecule has 0 saturated heterocycles. The van der Waals surface area contributed by atoms with Crippen LogP contribution in [0.25, 0.3) is 17.3 Å². The van der Waals surface area contributed by atoms with Crippen LogP contribution in [0.5, 0.6) is 0 Å². The van der Waals surface area contributed by atoms with Crippen LogP contribution in [0.4, 0.5) is 5.69 Å². The number of nitrogens with one attached hydrogen (secondary N) is 1. The van der Waals surface area contributed by atoms with Gasteiger partial charge in [0.25, 0.3) is 11.5 Å². The third kappa shape index (κ3) is 4.54. The van der Waals surface area contributed by atoms with E-state index in [1.165, 1.54) is 4.57 Å². The number of amides is 1. The third-order valence-corrected chi connectivity index (χ3v) is 5.93. The molecule has 4 aromatic rings. The van der Waals surface area contributed by atoms with Crippen molar-refractivity contribution in [3.8, 4) is 11.8 Å². The molecule has 4 rings (SSSR count). The van der Waals surface area contributed by atoms with Gasteiger partial charge in [-0.15, -0.1) is 11.3 Å². The van der Waals surface area contributed by atoms with Crippen LogP contribution in [0.15, 0.2) is 89.7 Å². The molecule has 0 bridgehead atoms. The van der Waals surface area contributed by atoms with Crippen molar-refractivity contribution < 1.29 is 4.79 Å². The highest BCUT2D eigenvalue weighted by Gasteiger charge is 2.17. The van der Waals surface area contributed by atoms with E-state index in [1.54, 1.807) is 54.6 Å². The third-order valence-electron chi connectivity index (χ3n) is 4.59. The number of hydrogen-bond donors (Lipinski definition) is 1. The van der Waals surface area contributed by atoms with Crippen LogP contribution >= 0.6 is 22.9 Å². The molecule has 0 unspecified atom stereocenters. The molecule has 0 aliphatic carbocycles. The normalized spacial score (nSPS) is 12.2. The van der Waals surface area contributed by atoms with Crippen molar-refractivity contribution in [3.05, 3.63) is 115 Å². The number of benzene rings is 3. The number of nitriles is 1. The number of para-hydroxylation sites is 1. The van der Waals surface area contributed by atoms with Crippen molar-refractivity contribution >= 4 is 46.2 Å². The monoisotopic (exact) mass is 457 g/mol. The largest absolute Gasteiger partial charge is 0.321 e. The van der Waals surface area contributed by atoms with Crippen LogP contribution in [0.2, 0.25) is 5.02 Å². The van der Waals surface area contributed by atoms with E-state index in [4.69, 9.17) is 11.6 Å². The van der Waals surface area contributed by atoms with Crippen LogP contribution in [0.3, 0.4) is 0 Å². The summed E-state index contributed by atoms with van der Waals surface area (Å²) in [6.45, 7) is 0. The van der Waals surface area contributed by atoms with Crippen LogP contribution in [-0.2, 0) is 4.79 Å². The quantitative estimate of drug-likeness (QED) is 0.507.